The van der Waals surface area contributed by atoms with Crippen LogP contribution in [-0.2, 0) is 6.54 Å². The van der Waals surface area contributed by atoms with Crippen LogP contribution in [0.3, 0.4) is 0 Å². The Labute approximate surface area is 134 Å². The van der Waals surface area contributed by atoms with Crippen molar-refractivity contribution in [3.63, 3.8) is 0 Å². The molecule has 3 heterocycles. The molecule has 3 aromatic heterocycles. The summed E-state index contributed by atoms with van der Waals surface area (Å²) in [4.78, 5) is 4.70. The van der Waals surface area contributed by atoms with Gasteiger partial charge in [0, 0.05) is 28.9 Å². The van der Waals surface area contributed by atoms with Crippen molar-refractivity contribution in [3.8, 4) is 11.3 Å². The Morgan fingerprint density at radius 1 is 1.36 bits per heavy atom. The van der Waals surface area contributed by atoms with Crippen molar-refractivity contribution in [1.29, 1.82) is 0 Å². The van der Waals surface area contributed by atoms with Crippen LogP contribution in [0.15, 0.2) is 34.3 Å². The molecule has 0 spiro atoms. The lowest BCUT2D eigenvalue weighted by Gasteiger charge is -2.07. The average molecular weight is 315 g/mol. The summed E-state index contributed by atoms with van der Waals surface area (Å²) < 4.78 is 7.74. The third kappa shape index (κ3) is 2.95. The summed E-state index contributed by atoms with van der Waals surface area (Å²) in [5.41, 5.74) is 4.69. The van der Waals surface area contributed by atoms with Crippen molar-refractivity contribution in [1.82, 2.24) is 9.55 Å². The third-order valence-corrected chi connectivity index (χ3v) is 4.57. The zero-order valence-corrected chi connectivity index (χ0v) is 14.0. The zero-order chi connectivity index (χ0) is 15.5. The molecule has 0 aliphatic rings. The summed E-state index contributed by atoms with van der Waals surface area (Å²) in [5.74, 6) is 0.969. The number of aryl methyl sites for hydroxylation is 1. The van der Waals surface area contributed by atoms with Crippen molar-refractivity contribution < 1.29 is 4.42 Å². The highest BCUT2D eigenvalue weighted by Crippen LogP contribution is 2.30. The number of rotatable bonds is 6. The Bertz CT molecular complexity index is 740. The van der Waals surface area contributed by atoms with Gasteiger partial charge in [-0.2, -0.15) is 0 Å². The van der Waals surface area contributed by atoms with Crippen molar-refractivity contribution >= 4 is 16.5 Å². The first-order chi connectivity index (χ1) is 10.7. The van der Waals surface area contributed by atoms with Gasteiger partial charge in [-0.3, -0.25) is 0 Å². The SMILES string of the molecule is CCCNc1nc(-c2cc(C)n(Cc3ccco3)c2C)cs1. The van der Waals surface area contributed by atoms with Gasteiger partial charge in [-0.25, -0.2) is 4.98 Å². The van der Waals surface area contributed by atoms with E-state index < -0.39 is 0 Å². The van der Waals surface area contributed by atoms with Crippen LogP contribution >= 0.6 is 11.3 Å². The molecule has 1 N–H and O–H groups in total. The third-order valence-electron chi connectivity index (χ3n) is 3.77. The predicted octanol–water partition coefficient (Wildman–Crippen LogP) is 4.69. The molecular weight excluding hydrogens is 294 g/mol. The Morgan fingerprint density at radius 2 is 2.23 bits per heavy atom. The topological polar surface area (TPSA) is 43.0 Å². The minimum Gasteiger partial charge on any atom is -0.467 e. The summed E-state index contributed by atoms with van der Waals surface area (Å²) in [6.45, 7) is 8.15. The Kier molecular flexibility index (Phi) is 4.34. The van der Waals surface area contributed by atoms with Gasteiger partial charge in [0.2, 0.25) is 0 Å². The van der Waals surface area contributed by atoms with Crippen LogP contribution < -0.4 is 5.32 Å². The van der Waals surface area contributed by atoms with E-state index in [1.54, 1.807) is 17.6 Å². The first-order valence-electron chi connectivity index (χ1n) is 7.58. The average Bonchev–Trinajstić information content (AvgIpc) is 3.22. The smallest absolute Gasteiger partial charge is 0.183 e. The van der Waals surface area contributed by atoms with Gasteiger partial charge in [0.15, 0.2) is 5.13 Å². The molecule has 5 heteroatoms. The molecule has 0 bridgehead atoms. The van der Waals surface area contributed by atoms with E-state index in [2.05, 4.69) is 42.1 Å². The van der Waals surface area contributed by atoms with Gasteiger partial charge in [0.05, 0.1) is 18.5 Å². The highest BCUT2D eigenvalue weighted by molar-refractivity contribution is 7.14. The second-order valence-electron chi connectivity index (χ2n) is 5.41. The highest BCUT2D eigenvalue weighted by atomic mass is 32.1. The van der Waals surface area contributed by atoms with Crippen LogP contribution in [0.5, 0.6) is 0 Å². The Morgan fingerprint density at radius 3 is 2.95 bits per heavy atom. The van der Waals surface area contributed by atoms with Crippen LogP contribution in [0, 0.1) is 13.8 Å². The molecule has 3 rings (SSSR count). The van der Waals surface area contributed by atoms with Crippen molar-refractivity contribution in [2.45, 2.75) is 33.7 Å². The molecule has 0 atom stereocenters. The van der Waals surface area contributed by atoms with Gasteiger partial charge in [-0.1, -0.05) is 6.92 Å². The van der Waals surface area contributed by atoms with E-state index in [1.165, 1.54) is 17.0 Å². The van der Waals surface area contributed by atoms with E-state index >= 15 is 0 Å². The van der Waals surface area contributed by atoms with Crippen LogP contribution in [0.25, 0.3) is 11.3 Å². The van der Waals surface area contributed by atoms with Crippen molar-refractivity contribution in [2.75, 3.05) is 11.9 Å². The Hall–Kier alpha value is -2.01. The van der Waals surface area contributed by atoms with E-state index in [0.717, 1.165) is 36.1 Å². The quantitative estimate of drug-likeness (QED) is 0.717. The van der Waals surface area contributed by atoms with Gasteiger partial charge in [-0.15, -0.1) is 11.3 Å². The number of hydrogen-bond acceptors (Lipinski definition) is 4. The lowest BCUT2D eigenvalue weighted by molar-refractivity contribution is 0.489. The Balaban J connectivity index is 1.87. The monoisotopic (exact) mass is 315 g/mol. The molecule has 0 aliphatic carbocycles. The maximum atomic E-state index is 5.47. The normalized spacial score (nSPS) is 11.0. The van der Waals surface area contributed by atoms with Crippen LogP contribution in [0.1, 0.15) is 30.5 Å². The second kappa shape index (κ2) is 6.40. The zero-order valence-electron chi connectivity index (χ0n) is 13.2. The summed E-state index contributed by atoms with van der Waals surface area (Å²) in [6.07, 6.45) is 2.82. The number of nitrogens with one attached hydrogen (secondary N) is 1. The fourth-order valence-electron chi connectivity index (χ4n) is 2.57. The standard InChI is InChI=1S/C17H21N3OS/c1-4-7-18-17-19-16(11-22-17)15-9-12(2)20(13(15)3)10-14-6-5-8-21-14/h5-6,8-9,11H,4,7,10H2,1-3H3,(H,18,19). The first kappa shape index (κ1) is 14.9. The molecule has 0 amide bonds. The maximum Gasteiger partial charge on any atom is 0.183 e. The van der Waals surface area contributed by atoms with Crippen LogP contribution in [-0.4, -0.2) is 16.1 Å². The predicted molar refractivity (Wildman–Crippen MR) is 91.6 cm³/mol. The molecule has 0 saturated carbocycles. The van der Waals surface area contributed by atoms with E-state index in [9.17, 15) is 0 Å². The van der Waals surface area contributed by atoms with Crippen LogP contribution in [0.4, 0.5) is 5.13 Å². The number of aromatic nitrogens is 2. The van der Waals surface area contributed by atoms with Crippen LogP contribution in [0.2, 0.25) is 0 Å². The number of nitrogens with zero attached hydrogens (tertiary/aromatic N) is 2. The maximum absolute atomic E-state index is 5.47. The molecule has 0 unspecified atom stereocenters. The fraction of sp³-hybridized carbons (Fsp3) is 0.353. The summed E-state index contributed by atoms with van der Waals surface area (Å²) in [6, 6.07) is 6.14. The fourth-order valence-corrected chi connectivity index (χ4v) is 3.31. The summed E-state index contributed by atoms with van der Waals surface area (Å²) in [5, 5.41) is 6.46. The number of anilines is 1. The molecule has 0 fully saturated rings. The minimum atomic E-state index is 0.760. The summed E-state index contributed by atoms with van der Waals surface area (Å²) >= 11 is 1.66. The molecule has 0 aliphatic heterocycles. The molecule has 116 valence electrons. The van der Waals surface area contributed by atoms with E-state index in [0.29, 0.717) is 0 Å². The minimum absolute atomic E-state index is 0.760. The molecule has 22 heavy (non-hydrogen) atoms. The van der Waals surface area contributed by atoms with E-state index in [1.807, 2.05) is 12.1 Å². The highest BCUT2D eigenvalue weighted by Gasteiger charge is 2.14. The lowest BCUT2D eigenvalue weighted by atomic mass is 10.2. The van der Waals surface area contributed by atoms with E-state index in [-0.39, 0.29) is 0 Å². The molecular formula is C17H21N3OS. The number of furan rings is 1. The molecule has 0 aromatic carbocycles. The van der Waals surface area contributed by atoms with Crippen molar-refractivity contribution in [2.24, 2.45) is 0 Å². The van der Waals surface area contributed by atoms with Gasteiger partial charge >= 0.3 is 0 Å². The summed E-state index contributed by atoms with van der Waals surface area (Å²) in [7, 11) is 0. The molecule has 0 radical (unpaired) electrons. The van der Waals surface area contributed by atoms with Gasteiger partial charge in [-0.05, 0) is 38.5 Å². The van der Waals surface area contributed by atoms with Gasteiger partial charge in [0.1, 0.15) is 5.76 Å². The van der Waals surface area contributed by atoms with Gasteiger partial charge < -0.3 is 14.3 Å². The van der Waals surface area contributed by atoms with Crippen molar-refractivity contribution in [3.05, 3.63) is 47.0 Å². The lowest BCUT2D eigenvalue weighted by Crippen LogP contribution is -2.03. The van der Waals surface area contributed by atoms with Gasteiger partial charge in [0.25, 0.3) is 0 Å². The second-order valence-corrected chi connectivity index (χ2v) is 6.27. The number of thiazole rings is 1. The molecule has 4 nitrogen and oxygen atoms in total. The largest absolute Gasteiger partial charge is 0.467 e. The molecule has 0 saturated heterocycles. The first-order valence-corrected chi connectivity index (χ1v) is 8.46. The molecule has 3 aromatic rings. The van der Waals surface area contributed by atoms with E-state index in [4.69, 9.17) is 9.40 Å². The number of hydrogen-bond donors (Lipinski definition) is 1.